The number of anilines is 1. The Hall–Kier alpha value is -2.09. The summed E-state index contributed by atoms with van der Waals surface area (Å²) in [7, 11) is 0. The summed E-state index contributed by atoms with van der Waals surface area (Å²) in [6.45, 7) is 2.92. The molecule has 124 valence electrons. The minimum atomic E-state index is -0.543. The second-order valence-electron chi connectivity index (χ2n) is 5.71. The van der Waals surface area contributed by atoms with E-state index in [0.29, 0.717) is 36.7 Å². The number of carbonyl (C=O) groups excluding carboxylic acids is 3. The van der Waals surface area contributed by atoms with Crippen molar-refractivity contribution in [2.24, 2.45) is 11.7 Å². The summed E-state index contributed by atoms with van der Waals surface area (Å²) < 4.78 is 5.02. The SMILES string of the molecule is CCOC(=O)N1CCc2c(sc(NC(=O)C3CC3)c2C(N)=O)C1. The number of thiophene rings is 1. The fourth-order valence-electron chi connectivity index (χ4n) is 2.68. The number of ether oxygens (including phenoxy) is 1. The highest BCUT2D eigenvalue weighted by atomic mass is 32.1. The molecule has 8 heteroatoms. The molecule has 1 aromatic rings. The quantitative estimate of drug-likeness (QED) is 0.873. The topological polar surface area (TPSA) is 102 Å². The summed E-state index contributed by atoms with van der Waals surface area (Å²) in [4.78, 5) is 38.1. The number of nitrogens with one attached hydrogen (secondary N) is 1. The number of carbonyl (C=O) groups is 3. The molecular formula is C15H19N3O4S. The Morgan fingerprint density at radius 1 is 1.39 bits per heavy atom. The first-order valence-electron chi connectivity index (χ1n) is 7.68. The Morgan fingerprint density at radius 3 is 2.74 bits per heavy atom. The molecule has 3 amide bonds. The first-order chi connectivity index (χ1) is 11.0. The third kappa shape index (κ3) is 3.17. The van der Waals surface area contributed by atoms with Crippen LogP contribution < -0.4 is 11.1 Å². The molecule has 23 heavy (non-hydrogen) atoms. The van der Waals surface area contributed by atoms with E-state index in [2.05, 4.69) is 5.32 Å². The zero-order valence-electron chi connectivity index (χ0n) is 12.9. The van der Waals surface area contributed by atoms with Gasteiger partial charge in [-0.3, -0.25) is 9.59 Å². The van der Waals surface area contributed by atoms with Crippen LogP contribution in [0.25, 0.3) is 0 Å². The molecule has 0 unspecified atom stereocenters. The highest BCUT2D eigenvalue weighted by Gasteiger charge is 2.33. The largest absolute Gasteiger partial charge is 0.450 e. The van der Waals surface area contributed by atoms with Crippen molar-refractivity contribution in [1.29, 1.82) is 0 Å². The van der Waals surface area contributed by atoms with Crippen LogP contribution in [0.3, 0.4) is 0 Å². The Balaban J connectivity index is 1.84. The molecule has 1 aliphatic carbocycles. The number of hydrogen-bond donors (Lipinski definition) is 2. The number of amides is 3. The number of primary amides is 1. The minimum absolute atomic E-state index is 0.0471. The summed E-state index contributed by atoms with van der Waals surface area (Å²) in [5.74, 6) is -0.558. The summed E-state index contributed by atoms with van der Waals surface area (Å²) >= 11 is 1.32. The number of nitrogens with two attached hydrogens (primary N) is 1. The number of fused-ring (bicyclic) bond motifs is 1. The third-order valence-corrected chi connectivity index (χ3v) is 5.15. The lowest BCUT2D eigenvalue weighted by atomic mass is 10.0. The maximum Gasteiger partial charge on any atom is 0.410 e. The lowest BCUT2D eigenvalue weighted by Crippen LogP contribution is -2.36. The average molecular weight is 337 g/mol. The van der Waals surface area contributed by atoms with Crippen LogP contribution in [0, 0.1) is 5.92 Å². The Kier molecular flexibility index (Phi) is 4.25. The molecule has 1 fully saturated rings. The van der Waals surface area contributed by atoms with Crippen LogP contribution in [-0.2, 0) is 22.5 Å². The van der Waals surface area contributed by atoms with Gasteiger partial charge >= 0.3 is 6.09 Å². The zero-order valence-corrected chi connectivity index (χ0v) is 13.7. The molecule has 2 aliphatic rings. The highest BCUT2D eigenvalue weighted by Crippen LogP contribution is 2.38. The van der Waals surface area contributed by atoms with Crippen molar-refractivity contribution in [2.75, 3.05) is 18.5 Å². The van der Waals surface area contributed by atoms with Crippen molar-refractivity contribution >= 4 is 34.2 Å². The van der Waals surface area contributed by atoms with E-state index in [-0.39, 0.29) is 17.9 Å². The van der Waals surface area contributed by atoms with E-state index in [4.69, 9.17) is 10.5 Å². The molecule has 0 saturated heterocycles. The molecule has 0 atom stereocenters. The predicted octanol–water partition coefficient (Wildman–Crippen LogP) is 1.71. The van der Waals surface area contributed by atoms with E-state index in [1.807, 2.05) is 0 Å². The van der Waals surface area contributed by atoms with Gasteiger partial charge in [0.15, 0.2) is 0 Å². The van der Waals surface area contributed by atoms with Gasteiger partial charge < -0.3 is 20.7 Å². The molecule has 0 aromatic carbocycles. The van der Waals surface area contributed by atoms with Crippen LogP contribution in [-0.4, -0.2) is 36.0 Å². The molecule has 3 N–H and O–H groups in total. The molecule has 3 rings (SSSR count). The lowest BCUT2D eigenvalue weighted by Gasteiger charge is -2.26. The first-order valence-corrected chi connectivity index (χ1v) is 8.49. The molecule has 1 aliphatic heterocycles. The van der Waals surface area contributed by atoms with E-state index in [9.17, 15) is 14.4 Å². The van der Waals surface area contributed by atoms with Gasteiger partial charge in [0, 0.05) is 17.3 Å². The summed E-state index contributed by atoms with van der Waals surface area (Å²) in [5, 5.41) is 3.33. The monoisotopic (exact) mass is 337 g/mol. The Bertz CT molecular complexity index is 666. The van der Waals surface area contributed by atoms with Crippen LogP contribution in [0.15, 0.2) is 0 Å². The molecule has 2 heterocycles. The molecule has 0 bridgehead atoms. The summed E-state index contributed by atoms with van der Waals surface area (Å²) in [6.07, 6.45) is 1.94. The van der Waals surface area contributed by atoms with Gasteiger partial charge in [-0.2, -0.15) is 0 Å². The fraction of sp³-hybridized carbons (Fsp3) is 0.533. The van der Waals surface area contributed by atoms with Gasteiger partial charge in [0.05, 0.1) is 18.7 Å². The molecule has 1 saturated carbocycles. The van der Waals surface area contributed by atoms with Crippen LogP contribution >= 0.6 is 11.3 Å². The molecule has 1 aromatic heterocycles. The van der Waals surface area contributed by atoms with Crippen molar-refractivity contribution in [3.05, 3.63) is 16.0 Å². The van der Waals surface area contributed by atoms with Gasteiger partial charge in [0.1, 0.15) is 5.00 Å². The summed E-state index contributed by atoms with van der Waals surface area (Å²) in [6, 6.07) is 0. The molecular weight excluding hydrogens is 318 g/mol. The minimum Gasteiger partial charge on any atom is -0.450 e. The van der Waals surface area contributed by atoms with Gasteiger partial charge in [-0.25, -0.2) is 4.79 Å². The second-order valence-corrected chi connectivity index (χ2v) is 6.81. The van der Waals surface area contributed by atoms with E-state index < -0.39 is 5.91 Å². The van der Waals surface area contributed by atoms with Gasteiger partial charge in [0.2, 0.25) is 5.91 Å². The normalized spacial score (nSPS) is 16.7. The smallest absolute Gasteiger partial charge is 0.410 e. The molecule has 0 spiro atoms. The van der Waals surface area contributed by atoms with E-state index in [1.54, 1.807) is 11.8 Å². The standard InChI is InChI=1S/C15H19N3O4S/c1-2-22-15(21)18-6-5-9-10(7-18)23-14(11(9)12(16)19)17-13(20)8-3-4-8/h8H,2-7H2,1H3,(H2,16,19)(H,17,20). The second kappa shape index (κ2) is 6.19. The number of nitrogens with zero attached hydrogens (tertiary/aromatic N) is 1. The van der Waals surface area contributed by atoms with E-state index in [0.717, 1.165) is 23.3 Å². The van der Waals surface area contributed by atoms with E-state index in [1.165, 1.54) is 11.3 Å². The van der Waals surface area contributed by atoms with Gasteiger partial charge in [0.25, 0.3) is 5.91 Å². The van der Waals surface area contributed by atoms with Crippen molar-refractivity contribution in [1.82, 2.24) is 4.90 Å². The van der Waals surface area contributed by atoms with Crippen LogP contribution in [0.2, 0.25) is 0 Å². The van der Waals surface area contributed by atoms with Crippen LogP contribution in [0.1, 0.15) is 40.6 Å². The number of hydrogen-bond acceptors (Lipinski definition) is 5. The Morgan fingerprint density at radius 2 is 2.13 bits per heavy atom. The third-order valence-electron chi connectivity index (χ3n) is 4.01. The van der Waals surface area contributed by atoms with Gasteiger partial charge in [-0.05, 0) is 31.7 Å². The molecule has 7 nitrogen and oxygen atoms in total. The van der Waals surface area contributed by atoms with Crippen molar-refractivity contribution in [3.63, 3.8) is 0 Å². The maximum absolute atomic E-state index is 12.0. The predicted molar refractivity (Wildman–Crippen MR) is 85.3 cm³/mol. The van der Waals surface area contributed by atoms with Crippen molar-refractivity contribution in [2.45, 2.75) is 32.7 Å². The fourth-order valence-corrected chi connectivity index (χ4v) is 3.95. The Labute approximate surface area is 137 Å². The van der Waals surface area contributed by atoms with Gasteiger partial charge in [-0.15, -0.1) is 11.3 Å². The highest BCUT2D eigenvalue weighted by molar-refractivity contribution is 7.17. The first kappa shape index (κ1) is 15.8. The lowest BCUT2D eigenvalue weighted by molar-refractivity contribution is -0.117. The van der Waals surface area contributed by atoms with Crippen LogP contribution in [0.4, 0.5) is 9.80 Å². The van der Waals surface area contributed by atoms with Crippen molar-refractivity contribution in [3.8, 4) is 0 Å². The number of rotatable bonds is 4. The average Bonchev–Trinajstić information content (AvgIpc) is 3.28. The zero-order chi connectivity index (χ0) is 16.6. The maximum atomic E-state index is 12.0. The van der Waals surface area contributed by atoms with E-state index >= 15 is 0 Å². The van der Waals surface area contributed by atoms with Crippen molar-refractivity contribution < 1.29 is 19.1 Å². The van der Waals surface area contributed by atoms with Crippen LogP contribution in [0.5, 0.6) is 0 Å². The molecule has 0 radical (unpaired) electrons. The van der Waals surface area contributed by atoms with Gasteiger partial charge in [-0.1, -0.05) is 0 Å². The summed E-state index contributed by atoms with van der Waals surface area (Å²) in [5.41, 5.74) is 6.74.